The lowest BCUT2D eigenvalue weighted by Crippen LogP contribution is -2.54. The molecule has 1 aliphatic rings. The number of amides is 4. The smallest absolute Gasteiger partial charge is 0.335 e. The highest BCUT2D eigenvalue weighted by atomic mass is 127. The molecular weight excluding hydrogens is 725 g/mol. The van der Waals surface area contributed by atoms with Crippen molar-refractivity contribution in [3.63, 3.8) is 0 Å². The van der Waals surface area contributed by atoms with E-state index in [1.807, 2.05) is 0 Å². The van der Waals surface area contributed by atoms with E-state index in [9.17, 15) is 18.8 Å². The molecule has 1 aliphatic heterocycles. The van der Waals surface area contributed by atoms with Crippen LogP contribution in [-0.2, 0) is 22.8 Å². The molecule has 12 heteroatoms. The number of methoxy groups -OCH3 is 1. The van der Waals surface area contributed by atoms with Crippen molar-refractivity contribution in [2.24, 2.45) is 0 Å². The number of carbonyl (C=O) groups is 3. The number of rotatable bonds is 9. The van der Waals surface area contributed by atoms with Crippen LogP contribution in [0.1, 0.15) is 16.7 Å². The normalized spacial score (nSPS) is 14.1. The standard InChI is InChI=1S/C32H22Cl2FIN2O6/c1-42-28-14-19(13-27(36)29(28)44-16-18-2-6-22(35)7-3-18)12-25-30(39)37-32(41)38(31(25)40)23-8-10-24(11-9-23)43-17-20-4-5-21(33)15-26(20)34/h2-15H,16-17H2,1H3,(H,37,39,41)/b25-12+. The van der Waals surface area contributed by atoms with E-state index in [0.717, 1.165) is 16.0 Å². The minimum atomic E-state index is -0.879. The number of anilines is 1. The highest BCUT2D eigenvalue weighted by Gasteiger charge is 2.37. The number of urea groups is 1. The second-order valence-corrected chi connectivity index (χ2v) is 11.4. The number of ether oxygens (including phenoxy) is 3. The minimum absolute atomic E-state index is 0.170. The van der Waals surface area contributed by atoms with Crippen molar-refractivity contribution in [3.8, 4) is 17.2 Å². The Morgan fingerprint density at radius 3 is 2.32 bits per heavy atom. The maximum Gasteiger partial charge on any atom is 0.335 e. The Kier molecular flexibility index (Phi) is 9.72. The van der Waals surface area contributed by atoms with Crippen molar-refractivity contribution in [2.75, 3.05) is 12.0 Å². The first-order chi connectivity index (χ1) is 21.1. The molecule has 224 valence electrons. The van der Waals surface area contributed by atoms with Gasteiger partial charge in [-0.15, -0.1) is 0 Å². The molecular formula is C32H22Cl2FIN2O6. The predicted molar refractivity (Wildman–Crippen MR) is 173 cm³/mol. The molecule has 0 atom stereocenters. The third-order valence-corrected chi connectivity index (χ3v) is 7.85. The average Bonchev–Trinajstić information content (AvgIpc) is 2.99. The quantitative estimate of drug-likeness (QED) is 0.108. The second kappa shape index (κ2) is 13.7. The summed E-state index contributed by atoms with van der Waals surface area (Å²) < 4.78 is 31.1. The van der Waals surface area contributed by atoms with Crippen LogP contribution in [0.2, 0.25) is 10.0 Å². The van der Waals surface area contributed by atoms with Crippen LogP contribution in [-0.4, -0.2) is 25.0 Å². The molecule has 0 aromatic heterocycles. The van der Waals surface area contributed by atoms with Gasteiger partial charge in [-0.3, -0.25) is 14.9 Å². The molecule has 0 radical (unpaired) electrons. The number of carbonyl (C=O) groups excluding carboxylic acids is 3. The molecule has 4 aromatic rings. The second-order valence-electron chi connectivity index (χ2n) is 9.43. The molecule has 1 saturated heterocycles. The van der Waals surface area contributed by atoms with Gasteiger partial charge in [-0.25, -0.2) is 14.1 Å². The van der Waals surface area contributed by atoms with Crippen molar-refractivity contribution in [1.82, 2.24) is 5.32 Å². The number of hydrogen-bond donors (Lipinski definition) is 1. The van der Waals surface area contributed by atoms with Gasteiger partial charge in [0.25, 0.3) is 11.8 Å². The van der Waals surface area contributed by atoms with Gasteiger partial charge in [0.15, 0.2) is 11.5 Å². The van der Waals surface area contributed by atoms with Crippen LogP contribution in [0.5, 0.6) is 17.2 Å². The molecule has 0 aliphatic carbocycles. The van der Waals surface area contributed by atoms with E-state index in [4.69, 9.17) is 37.4 Å². The fourth-order valence-corrected chi connectivity index (χ4v) is 5.49. The maximum absolute atomic E-state index is 13.4. The Balaban J connectivity index is 1.33. The zero-order chi connectivity index (χ0) is 31.4. The molecule has 0 unspecified atom stereocenters. The highest BCUT2D eigenvalue weighted by Crippen LogP contribution is 2.36. The fraction of sp³-hybridized carbons (Fsp3) is 0.0938. The minimum Gasteiger partial charge on any atom is -0.493 e. The number of nitrogens with zero attached hydrogens (tertiary/aromatic N) is 1. The number of nitrogens with one attached hydrogen (secondary N) is 1. The van der Waals surface area contributed by atoms with E-state index in [1.165, 1.54) is 37.5 Å². The van der Waals surface area contributed by atoms with Gasteiger partial charge in [0, 0.05) is 15.6 Å². The van der Waals surface area contributed by atoms with Crippen molar-refractivity contribution in [1.29, 1.82) is 0 Å². The predicted octanol–water partition coefficient (Wildman–Crippen LogP) is 7.57. The van der Waals surface area contributed by atoms with Crippen LogP contribution in [0.25, 0.3) is 6.08 Å². The van der Waals surface area contributed by atoms with Gasteiger partial charge >= 0.3 is 6.03 Å². The summed E-state index contributed by atoms with van der Waals surface area (Å²) in [5.41, 5.74) is 1.95. The largest absolute Gasteiger partial charge is 0.493 e. The first-order valence-corrected chi connectivity index (χ1v) is 14.8. The first kappa shape index (κ1) is 31.3. The van der Waals surface area contributed by atoms with Crippen molar-refractivity contribution >= 4 is 75.4 Å². The van der Waals surface area contributed by atoms with Gasteiger partial charge in [0.1, 0.15) is 30.4 Å². The molecule has 0 bridgehead atoms. The first-order valence-electron chi connectivity index (χ1n) is 13.0. The fourth-order valence-electron chi connectivity index (χ4n) is 4.25. The maximum atomic E-state index is 13.4. The summed E-state index contributed by atoms with van der Waals surface area (Å²) >= 11 is 14.2. The average molecular weight is 747 g/mol. The third kappa shape index (κ3) is 7.15. The van der Waals surface area contributed by atoms with E-state index >= 15 is 0 Å². The van der Waals surface area contributed by atoms with Crippen molar-refractivity contribution in [3.05, 3.63) is 121 Å². The van der Waals surface area contributed by atoms with Crippen LogP contribution in [0, 0.1) is 9.39 Å². The van der Waals surface area contributed by atoms with Crippen LogP contribution in [0.3, 0.4) is 0 Å². The van der Waals surface area contributed by atoms with Gasteiger partial charge in [-0.2, -0.15) is 0 Å². The van der Waals surface area contributed by atoms with Gasteiger partial charge < -0.3 is 14.2 Å². The van der Waals surface area contributed by atoms with Crippen LogP contribution < -0.4 is 24.4 Å². The summed E-state index contributed by atoms with van der Waals surface area (Å²) in [4.78, 5) is 39.8. The molecule has 0 saturated carbocycles. The number of benzene rings is 4. The summed E-state index contributed by atoms with van der Waals surface area (Å²) in [6.07, 6.45) is 1.37. The molecule has 1 N–H and O–H groups in total. The molecule has 8 nitrogen and oxygen atoms in total. The zero-order valence-corrected chi connectivity index (χ0v) is 26.6. The molecule has 44 heavy (non-hydrogen) atoms. The zero-order valence-electron chi connectivity index (χ0n) is 22.9. The van der Waals surface area contributed by atoms with E-state index in [1.54, 1.807) is 54.6 Å². The lowest BCUT2D eigenvalue weighted by molar-refractivity contribution is -0.122. The van der Waals surface area contributed by atoms with E-state index in [0.29, 0.717) is 36.4 Å². The number of hydrogen-bond acceptors (Lipinski definition) is 6. The lowest BCUT2D eigenvalue weighted by atomic mass is 10.1. The molecule has 0 spiro atoms. The Morgan fingerprint density at radius 2 is 1.64 bits per heavy atom. The highest BCUT2D eigenvalue weighted by molar-refractivity contribution is 14.1. The van der Waals surface area contributed by atoms with Crippen LogP contribution in [0.15, 0.2) is 84.4 Å². The van der Waals surface area contributed by atoms with Gasteiger partial charge in [0.05, 0.1) is 16.4 Å². The summed E-state index contributed by atoms with van der Waals surface area (Å²) in [6, 6.07) is 19.7. The molecule has 4 amide bonds. The van der Waals surface area contributed by atoms with E-state index in [-0.39, 0.29) is 30.3 Å². The monoisotopic (exact) mass is 746 g/mol. The topological polar surface area (TPSA) is 94.2 Å². The van der Waals surface area contributed by atoms with E-state index in [2.05, 4.69) is 27.9 Å². The molecule has 5 rings (SSSR count). The summed E-state index contributed by atoms with van der Waals surface area (Å²) in [5.74, 6) is -0.705. The lowest BCUT2D eigenvalue weighted by Gasteiger charge is -2.26. The summed E-state index contributed by atoms with van der Waals surface area (Å²) in [7, 11) is 1.46. The van der Waals surface area contributed by atoms with Gasteiger partial charge in [-0.1, -0.05) is 41.4 Å². The Labute approximate surface area is 275 Å². The number of imide groups is 2. The number of halogens is 4. The van der Waals surface area contributed by atoms with Crippen molar-refractivity contribution < 1.29 is 33.0 Å². The van der Waals surface area contributed by atoms with E-state index < -0.39 is 17.8 Å². The van der Waals surface area contributed by atoms with Gasteiger partial charge in [-0.05, 0) is 100 Å². The SMILES string of the molecule is COc1cc(/C=C2\C(=O)NC(=O)N(c3ccc(OCc4ccc(Cl)cc4Cl)cc3)C2=O)cc(I)c1OCc1ccc(F)cc1. The number of barbiturate groups is 1. The molecule has 4 aromatic carbocycles. The van der Waals surface area contributed by atoms with Crippen LogP contribution in [0.4, 0.5) is 14.9 Å². The Morgan fingerprint density at radius 1 is 0.909 bits per heavy atom. The summed E-state index contributed by atoms with van der Waals surface area (Å²) in [5, 5.41) is 3.19. The van der Waals surface area contributed by atoms with Crippen molar-refractivity contribution in [2.45, 2.75) is 13.2 Å². The molecule has 1 heterocycles. The van der Waals surface area contributed by atoms with Crippen LogP contribution >= 0.6 is 45.8 Å². The Bertz CT molecular complexity index is 1780. The Hall–Kier alpha value is -4.13. The molecule has 1 fully saturated rings. The third-order valence-electron chi connectivity index (χ3n) is 6.47. The van der Waals surface area contributed by atoms with Gasteiger partial charge in [0.2, 0.25) is 0 Å². The summed E-state index contributed by atoms with van der Waals surface area (Å²) in [6.45, 7) is 0.349.